The maximum Gasteiger partial charge on any atom is 0.231 e. The highest BCUT2D eigenvalue weighted by Crippen LogP contribution is 2.32. The van der Waals surface area contributed by atoms with Crippen molar-refractivity contribution in [3.05, 3.63) is 65.5 Å². The molecule has 1 aliphatic heterocycles. The molecule has 0 radical (unpaired) electrons. The highest BCUT2D eigenvalue weighted by Gasteiger charge is 2.22. The summed E-state index contributed by atoms with van der Waals surface area (Å²) in [6.45, 7) is 4.22. The number of nitrogens with zero attached hydrogens (tertiary/aromatic N) is 2. The van der Waals surface area contributed by atoms with Crippen molar-refractivity contribution in [1.29, 1.82) is 0 Å². The molecule has 1 aliphatic rings. The topological polar surface area (TPSA) is 46.9 Å². The average molecular weight is 361 g/mol. The monoisotopic (exact) mass is 361 g/mol. The standard InChI is InChI=1S/C23H27N3O/c1-2-17-5-7-18(8-6-17)9-10-22(27)26-16-20(19-11-14-24-15-12-19)23-21(26)4-3-13-25-23/h3-8,13,16,19,24H,2,9-12,14-15H2,1H3. The maximum absolute atomic E-state index is 13.0. The number of carbonyl (C=O) groups excluding carboxylic acids is 1. The molecule has 27 heavy (non-hydrogen) atoms. The van der Waals surface area contributed by atoms with Crippen molar-refractivity contribution in [3.8, 4) is 0 Å². The fraction of sp³-hybridized carbons (Fsp3) is 0.391. The molecule has 1 saturated heterocycles. The van der Waals surface area contributed by atoms with Gasteiger partial charge in [0.1, 0.15) is 0 Å². The first-order valence-corrected chi connectivity index (χ1v) is 10.0. The van der Waals surface area contributed by atoms with Crippen LogP contribution in [0, 0.1) is 0 Å². The van der Waals surface area contributed by atoms with Crippen molar-refractivity contribution >= 4 is 16.9 Å². The quantitative estimate of drug-likeness (QED) is 0.735. The van der Waals surface area contributed by atoms with Crippen LogP contribution in [0.15, 0.2) is 48.8 Å². The molecule has 3 aromatic rings. The summed E-state index contributed by atoms with van der Waals surface area (Å²) in [5.74, 6) is 0.632. The predicted molar refractivity (Wildman–Crippen MR) is 109 cm³/mol. The molecule has 1 fully saturated rings. The van der Waals surface area contributed by atoms with Crippen LogP contribution in [0.5, 0.6) is 0 Å². The van der Waals surface area contributed by atoms with Gasteiger partial charge in [0.2, 0.25) is 5.91 Å². The highest BCUT2D eigenvalue weighted by atomic mass is 16.2. The molecule has 4 nitrogen and oxygen atoms in total. The number of hydrogen-bond acceptors (Lipinski definition) is 3. The molecule has 140 valence electrons. The molecular formula is C23H27N3O. The lowest BCUT2D eigenvalue weighted by atomic mass is 9.91. The fourth-order valence-electron chi connectivity index (χ4n) is 4.03. The summed E-state index contributed by atoms with van der Waals surface area (Å²) in [5.41, 5.74) is 5.71. The lowest BCUT2D eigenvalue weighted by molar-refractivity contribution is 0.0908. The number of aromatic nitrogens is 2. The van der Waals surface area contributed by atoms with Crippen molar-refractivity contribution in [2.45, 2.75) is 44.9 Å². The molecule has 0 spiro atoms. The van der Waals surface area contributed by atoms with Gasteiger partial charge in [-0.15, -0.1) is 0 Å². The van der Waals surface area contributed by atoms with E-state index in [-0.39, 0.29) is 5.91 Å². The maximum atomic E-state index is 13.0. The minimum absolute atomic E-state index is 0.146. The molecule has 4 rings (SSSR count). The first-order chi connectivity index (χ1) is 13.3. The molecule has 0 saturated carbocycles. The Morgan fingerprint density at radius 3 is 2.63 bits per heavy atom. The Morgan fingerprint density at radius 2 is 1.89 bits per heavy atom. The summed E-state index contributed by atoms with van der Waals surface area (Å²) < 4.78 is 1.83. The van der Waals surface area contributed by atoms with Gasteiger partial charge in [-0.25, -0.2) is 0 Å². The van der Waals surface area contributed by atoms with Crippen LogP contribution < -0.4 is 5.32 Å². The van der Waals surface area contributed by atoms with Crippen LogP contribution >= 0.6 is 0 Å². The van der Waals surface area contributed by atoms with Gasteiger partial charge < -0.3 is 5.32 Å². The average Bonchev–Trinajstić information content (AvgIpc) is 3.13. The fourth-order valence-corrected chi connectivity index (χ4v) is 4.03. The summed E-state index contributed by atoms with van der Waals surface area (Å²) >= 11 is 0. The van der Waals surface area contributed by atoms with Gasteiger partial charge >= 0.3 is 0 Å². The Morgan fingerprint density at radius 1 is 1.15 bits per heavy atom. The van der Waals surface area contributed by atoms with Crippen LogP contribution in [-0.2, 0) is 12.8 Å². The molecule has 0 amide bonds. The molecule has 0 unspecified atom stereocenters. The van der Waals surface area contributed by atoms with Gasteiger partial charge in [0.25, 0.3) is 0 Å². The molecule has 1 aromatic carbocycles. The third-order valence-electron chi connectivity index (χ3n) is 5.69. The largest absolute Gasteiger partial charge is 0.317 e. The van der Waals surface area contributed by atoms with Gasteiger partial charge in [-0.1, -0.05) is 31.2 Å². The molecule has 2 aromatic heterocycles. The van der Waals surface area contributed by atoms with E-state index in [0.717, 1.165) is 49.8 Å². The summed E-state index contributed by atoms with van der Waals surface area (Å²) in [4.78, 5) is 17.6. The zero-order valence-electron chi connectivity index (χ0n) is 15.9. The van der Waals surface area contributed by atoms with E-state index in [1.54, 1.807) is 0 Å². The summed E-state index contributed by atoms with van der Waals surface area (Å²) in [6, 6.07) is 12.5. The smallest absolute Gasteiger partial charge is 0.231 e. The molecule has 1 N–H and O–H groups in total. The van der Waals surface area contributed by atoms with Crippen molar-refractivity contribution in [1.82, 2.24) is 14.9 Å². The van der Waals surface area contributed by atoms with Crippen LogP contribution in [0.25, 0.3) is 11.0 Å². The molecule has 0 atom stereocenters. The minimum atomic E-state index is 0.146. The van der Waals surface area contributed by atoms with Crippen molar-refractivity contribution in [2.24, 2.45) is 0 Å². The zero-order valence-corrected chi connectivity index (χ0v) is 15.9. The predicted octanol–water partition coefficient (Wildman–Crippen LogP) is 4.34. The first-order valence-electron chi connectivity index (χ1n) is 10.0. The molecular weight excluding hydrogens is 334 g/mol. The van der Waals surface area contributed by atoms with Crippen LogP contribution in [0.2, 0.25) is 0 Å². The highest BCUT2D eigenvalue weighted by molar-refractivity contribution is 5.92. The second-order valence-electron chi connectivity index (χ2n) is 7.41. The van der Waals surface area contributed by atoms with E-state index in [1.165, 1.54) is 16.7 Å². The van der Waals surface area contributed by atoms with E-state index < -0.39 is 0 Å². The van der Waals surface area contributed by atoms with E-state index in [9.17, 15) is 4.79 Å². The van der Waals surface area contributed by atoms with Gasteiger partial charge in [0.15, 0.2) is 0 Å². The Bertz CT molecular complexity index is 920. The second kappa shape index (κ2) is 8.05. The third kappa shape index (κ3) is 3.81. The van der Waals surface area contributed by atoms with E-state index >= 15 is 0 Å². The lowest BCUT2D eigenvalue weighted by Crippen LogP contribution is -2.26. The Kier molecular flexibility index (Phi) is 5.35. The zero-order chi connectivity index (χ0) is 18.6. The first kappa shape index (κ1) is 17.9. The number of carbonyl (C=O) groups is 1. The van der Waals surface area contributed by atoms with Crippen molar-refractivity contribution in [3.63, 3.8) is 0 Å². The van der Waals surface area contributed by atoms with E-state index in [4.69, 9.17) is 0 Å². The number of hydrogen-bond donors (Lipinski definition) is 1. The van der Waals surface area contributed by atoms with E-state index in [1.807, 2.05) is 22.9 Å². The number of rotatable bonds is 5. The SMILES string of the molecule is CCc1ccc(CCC(=O)n2cc(C3CCNCC3)c3ncccc32)cc1. The minimum Gasteiger partial charge on any atom is -0.317 e. The molecule has 0 aliphatic carbocycles. The van der Waals surface area contributed by atoms with Gasteiger partial charge in [-0.05, 0) is 73.5 Å². The van der Waals surface area contributed by atoms with Gasteiger partial charge in [0, 0.05) is 18.8 Å². The number of piperidine rings is 1. The number of nitrogens with one attached hydrogen (secondary N) is 1. The molecule has 0 bridgehead atoms. The van der Waals surface area contributed by atoms with Gasteiger partial charge in [-0.2, -0.15) is 0 Å². The molecule has 3 heterocycles. The number of aryl methyl sites for hydroxylation is 2. The van der Waals surface area contributed by atoms with E-state index in [2.05, 4.69) is 47.7 Å². The Labute approximate surface area is 160 Å². The number of pyridine rings is 1. The Hall–Kier alpha value is -2.46. The van der Waals surface area contributed by atoms with Crippen LogP contribution in [0.4, 0.5) is 0 Å². The van der Waals surface area contributed by atoms with Gasteiger partial charge in [0.05, 0.1) is 11.0 Å². The van der Waals surface area contributed by atoms with Gasteiger partial charge in [-0.3, -0.25) is 14.3 Å². The van der Waals surface area contributed by atoms with E-state index in [0.29, 0.717) is 12.3 Å². The van der Waals surface area contributed by atoms with Crippen molar-refractivity contribution < 1.29 is 4.79 Å². The normalized spacial score (nSPS) is 15.3. The summed E-state index contributed by atoms with van der Waals surface area (Å²) in [6.07, 6.45) is 8.41. The molecule has 4 heteroatoms. The lowest BCUT2D eigenvalue weighted by Gasteiger charge is -2.21. The summed E-state index contributed by atoms with van der Waals surface area (Å²) in [7, 11) is 0. The third-order valence-corrected chi connectivity index (χ3v) is 5.69. The van der Waals surface area contributed by atoms with Crippen LogP contribution in [0.1, 0.15) is 53.6 Å². The number of benzene rings is 1. The number of fused-ring (bicyclic) bond motifs is 1. The second-order valence-corrected chi connectivity index (χ2v) is 7.41. The summed E-state index contributed by atoms with van der Waals surface area (Å²) in [5, 5.41) is 3.41. The van der Waals surface area contributed by atoms with Crippen molar-refractivity contribution in [2.75, 3.05) is 13.1 Å². The Balaban J connectivity index is 1.55. The van der Waals surface area contributed by atoms with Crippen LogP contribution in [0.3, 0.4) is 0 Å². The van der Waals surface area contributed by atoms with Crippen LogP contribution in [-0.4, -0.2) is 28.5 Å².